The van der Waals surface area contributed by atoms with Gasteiger partial charge in [-0.2, -0.15) is 0 Å². The molecule has 0 radical (unpaired) electrons. The molecule has 0 N–H and O–H groups in total. The van der Waals surface area contributed by atoms with Gasteiger partial charge in [-0.25, -0.2) is 0 Å². The van der Waals surface area contributed by atoms with E-state index >= 15 is 0 Å². The molecule has 0 bridgehead atoms. The number of hydrogen-bond acceptors (Lipinski definition) is 5. The number of thioether (sulfide) groups is 1. The van der Waals surface area contributed by atoms with Crippen LogP contribution in [0.2, 0.25) is 0 Å². The predicted octanol–water partition coefficient (Wildman–Crippen LogP) is 4.50. The van der Waals surface area contributed by atoms with Crippen molar-refractivity contribution in [1.29, 1.82) is 0 Å². The van der Waals surface area contributed by atoms with E-state index in [9.17, 15) is 4.79 Å². The first kappa shape index (κ1) is 17.5. The molecule has 0 atom stereocenters. The zero-order valence-electron chi connectivity index (χ0n) is 13.9. The summed E-state index contributed by atoms with van der Waals surface area (Å²) in [7, 11) is 1.61. The van der Waals surface area contributed by atoms with Gasteiger partial charge in [-0.1, -0.05) is 54.3 Å². The van der Waals surface area contributed by atoms with Crippen molar-refractivity contribution >= 4 is 46.0 Å². The van der Waals surface area contributed by atoms with Gasteiger partial charge in [0.05, 0.1) is 24.3 Å². The van der Waals surface area contributed by atoms with E-state index in [0.29, 0.717) is 33.0 Å². The molecule has 1 heterocycles. The lowest BCUT2D eigenvalue weighted by atomic mass is 10.2. The monoisotopic (exact) mass is 371 g/mol. The summed E-state index contributed by atoms with van der Waals surface area (Å²) in [6.07, 6.45) is 1.81. The zero-order valence-corrected chi connectivity index (χ0v) is 15.5. The second-order valence-corrected chi connectivity index (χ2v) is 6.84. The van der Waals surface area contributed by atoms with E-state index in [1.165, 1.54) is 16.7 Å². The lowest BCUT2D eigenvalue weighted by molar-refractivity contribution is -0.113. The van der Waals surface area contributed by atoms with Crippen molar-refractivity contribution in [2.24, 2.45) is 0 Å². The van der Waals surface area contributed by atoms with Crippen molar-refractivity contribution in [2.75, 3.05) is 18.6 Å². The average molecular weight is 371 g/mol. The Balaban J connectivity index is 1.97. The van der Waals surface area contributed by atoms with Crippen molar-refractivity contribution in [3.8, 4) is 11.5 Å². The number of anilines is 1. The zero-order chi connectivity index (χ0) is 17.8. The largest absolute Gasteiger partial charge is 0.496 e. The van der Waals surface area contributed by atoms with E-state index in [0.717, 1.165) is 5.56 Å². The second kappa shape index (κ2) is 7.72. The third-order valence-electron chi connectivity index (χ3n) is 3.63. The van der Waals surface area contributed by atoms with Gasteiger partial charge < -0.3 is 9.47 Å². The fourth-order valence-electron chi connectivity index (χ4n) is 2.52. The highest BCUT2D eigenvalue weighted by Crippen LogP contribution is 2.40. The smallest absolute Gasteiger partial charge is 0.270 e. The van der Waals surface area contributed by atoms with Crippen LogP contribution in [0.25, 0.3) is 6.08 Å². The maximum absolute atomic E-state index is 12.9. The number of amides is 1. The highest BCUT2D eigenvalue weighted by Gasteiger charge is 2.35. The van der Waals surface area contributed by atoms with Gasteiger partial charge >= 0.3 is 0 Å². The van der Waals surface area contributed by atoms with Crippen LogP contribution >= 0.6 is 24.0 Å². The number of carbonyl (C=O) groups is 1. The Morgan fingerprint density at radius 1 is 1.12 bits per heavy atom. The number of para-hydroxylation sites is 3. The summed E-state index contributed by atoms with van der Waals surface area (Å²) in [5.41, 5.74) is 1.50. The van der Waals surface area contributed by atoms with Crippen molar-refractivity contribution in [1.82, 2.24) is 0 Å². The summed E-state index contributed by atoms with van der Waals surface area (Å²) in [5, 5.41) is 0. The molecule has 0 saturated carbocycles. The lowest BCUT2D eigenvalue weighted by Crippen LogP contribution is -2.28. The fourth-order valence-corrected chi connectivity index (χ4v) is 3.80. The van der Waals surface area contributed by atoms with Gasteiger partial charge in [0.25, 0.3) is 5.91 Å². The van der Waals surface area contributed by atoms with Gasteiger partial charge in [0.15, 0.2) is 4.32 Å². The Hall–Kier alpha value is -2.31. The van der Waals surface area contributed by atoms with Crippen molar-refractivity contribution in [3.63, 3.8) is 0 Å². The number of nitrogens with zero attached hydrogens (tertiary/aromatic N) is 1. The average Bonchev–Trinajstić information content (AvgIpc) is 2.90. The van der Waals surface area contributed by atoms with Crippen LogP contribution in [0, 0.1) is 0 Å². The topological polar surface area (TPSA) is 38.8 Å². The molecule has 2 aromatic rings. The molecule has 1 aliphatic rings. The lowest BCUT2D eigenvalue weighted by Gasteiger charge is -2.18. The van der Waals surface area contributed by atoms with Gasteiger partial charge in [-0.15, -0.1) is 0 Å². The number of hydrogen-bond donors (Lipinski definition) is 0. The summed E-state index contributed by atoms with van der Waals surface area (Å²) in [4.78, 5) is 15.0. The molecule has 2 aromatic carbocycles. The minimum absolute atomic E-state index is 0.159. The van der Waals surface area contributed by atoms with Crippen LogP contribution in [0.1, 0.15) is 12.5 Å². The number of thiocarbonyl (C=S) groups is 1. The molecule has 0 spiro atoms. The fraction of sp³-hybridized carbons (Fsp3) is 0.158. The Morgan fingerprint density at radius 2 is 1.80 bits per heavy atom. The Bertz CT molecular complexity index is 848. The van der Waals surface area contributed by atoms with Gasteiger partial charge in [0, 0.05) is 5.56 Å². The van der Waals surface area contributed by atoms with Crippen LogP contribution in [0.15, 0.2) is 53.4 Å². The molecule has 4 nitrogen and oxygen atoms in total. The molecule has 25 heavy (non-hydrogen) atoms. The van der Waals surface area contributed by atoms with E-state index in [-0.39, 0.29) is 5.91 Å². The van der Waals surface area contributed by atoms with E-state index in [1.807, 2.05) is 55.5 Å². The quantitative estimate of drug-likeness (QED) is 0.572. The van der Waals surface area contributed by atoms with Crippen molar-refractivity contribution < 1.29 is 14.3 Å². The molecule has 1 aliphatic heterocycles. The number of methoxy groups -OCH3 is 1. The SMILES string of the molecule is CCOc1ccccc1N1C(=O)C(=Cc2ccccc2OC)SC1=S. The van der Waals surface area contributed by atoms with Crippen LogP contribution in [0.4, 0.5) is 5.69 Å². The van der Waals surface area contributed by atoms with E-state index in [2.05, 4.69) is 0 Å². The van der Waals surface area contributed by atoms with E-state index < -0.39 is 0 Å². The van der Waals surface area contributed by atoms with Crippen LogP contribution in [-0.2, 0) is 4.79 Å². The first-order chi connectivity index (χ1) is 12.2. The molecule has 1 fully saturated rings. The molecule has 1 amide bonds. The summed E-state index contributed by atoms with van der Waals surface area (Å²) >= 11 is 6.71. The van der Waals surface area contributed by atoms with Crippen LogP contribution in [0.5, 0.6) is 11.5 Å². The van der Waals surface area contributed by atoms with Crippen LogP contribution in [-0.4, -0.2) is 23.9 Å². The predicted molar refractivity (Wildman–Crippen MR) is 106 cm³/mol. The first-order valence-corrected chi connectivity index (χ1v) is 9.01. The molecule has 0 aliphatic carbocycles. The highest BCUT2D eigenvalue weighted by atomic mass is 32.2. The second-order valence-electron chi connectivity index (χ2n) is 5.16. The molecule has 1 saturated heterocycles. The molecule has 3 rings (SSSR count). The van der Waals surface area contributed by atoms with Crippen LogP contribution < -0.4 is 14.4 Å². The Kier molecular flexibility index (Phi) is 5.40. The number of ether oxygens (including phenoxy) is 2. The number of benzene rings is 2. The molecule has 6 heteroatoms. The summed E-state index contributed by atoms with van der Waals surface area (Å²) in [5.74, 6) is 1.19. The minimum atomic E-state index is -0.159. The summed E-state index contributed by atoms with van der Waals surface area (Å²) in [6, 6.07) is 15.0. The third-order valence-corrected chi connectivity index (χ3v) is 4.93. The van der Waals surface area contributed by atoms with Crippen molar-refractivity contribution in [2.45, 2.75) is 6.92 Å². The van der Waals surface area contributed by atoms with Gasteiger partial charge in [0.2, 0.25) is 0 Å². The van der Waals surface area contributed by atoms with E-state index in [1.54, 1.807) is 13.2 Å². The third kappa shape index (κ3) is 3.55. The summed E-state index contributed by atoms with van der Waals surface area (Å²) < 4.78 is 11.5. The molecule has 0 unspecified atom stereocenters. The number of rotatable bonds is 5. The normalized spacial score (nSPS) is 15.8. The molecule has 128 valence electrons. The standard InChI is InChI=1S/C19H17NO3S2/c1-3-23-16-11-7-5-9-14(16)20-18(21)17(25-19(20)24)12-13-8-4-6-10-15(13)22-2/h4-12H,3H2,1-2H3. The van der Waals surface area contributed by atoms with Gasteiger partial charge in [-0.3, -0.25) is 9.69 Å². The van der Waals surface area contributed by atoms with E-state index in [4.69, 9.17) is 21.7 Å². The Labute approximate surface area is 156 Å². The maximum Gasteiger partial charge on any atom is 0.270 e. The van der Waals surface area contributed by atoms with Crippen LogP contribution in [0.3, 0.4) is 0 Å². The maximum atomic E-state index is 12.9. The molecular weight excluding hydrogens is 354 g/mol. The number of carbonyl (C=O) groups excluding carboxylic acids is 1. The Morgan fingerprint density at radius 3 is 2.52 bits per heavy atom. The molecule has 0 aromatic heterocycles. The van der Waals surface area contributed by atoms with Gasteiger partial charge in [-0.05, 0) is 31.2 Å². The minimum Gasteiger partial charge on any atom is -0.496 e. The summed E-state index contributed by atoms with van der Waals surface area (Å²) in [6.45, 7) is 2.42. The highest BCUT2D eigenvalue weighted by molar-refractivity contribution is 8.27. The first-order valence-electron chi connectivity index (χ1n) is 7.78. The van der Waals surface area contributed by atoms with Gasteiger partial charge in [0.1, 0.15) is 11.5 Å². The van der Waals surface area contributed by atoms with Crippen molar-refractivity contribution in [3.05, 3.63) is 59.0 Å². The molecular formula is C19H17NO3S2.